The van der Waals surface area contributed by atoms with E-state index in [1.54, 1.807) is 38.1 Å². The number of aliphatic hydroxyl groups is 1. The van der Waals surface area contributed by atoms with Crippen molar-refractivity contribution in [3.05, 3.63) is 29.8 Å². The molecule has 1 N–H and O–H groups in total. The number of hydrogen-bond donors (Lipinski definition) is 1. The summed E-state index contributed by atoms with van der Waals surface area (Å²) in [5.74, 6) is 0.599. The van der Waals surface area contributed by atoms with Gasteiger partial charge in [-0.2, -0.15) is 0 Å². The van der Waals surface area contributed by atoms with Crippen LogP contribution >= 0.6 is 0 Å². The van der Waals surface area contributed by atoms with Crippen molar-refractivity contribution in [3.8, 4) is 5.75 Å². The van der Waals surface area contributed by atoms with E-state index in [1.807, 2.05) is 6.79 Å². The average molecular weight is 377 g/mol. The summed E-state index contributed by atoms with van der Waals surface area (Å²) in [7, 11) is 1.52. The second kappa shape index (κ2) is 19.6. The number of aliphatic hydroxyl groups excluding tert-OH is 1. The van der Waals surface area contributed by atoms with E-state index in [9.17, 15) is 4.79 Å². The molecule has 156 valence electrons. The lowest BCUT2D eigenvalue weighted by Gasteiger charge is -2.21. The van der Waals surface area contributed by atoms with Gasteiger partial charge in [0.05, 0.1) is 19.8 Å². The van der Waals surface area contributed by atoms with Crippen LogP contribution in [-0.2, 0) is 14.3 Å². The topological polar surface area (TPSA) is 82.1 Å². The van der Waals surface area contributed by atoms with E-state index in [4.69, 9.17) is 24.1 Å². The summed E-state index contributed by atoms with van der Waals surface area (Å²) in [5, 5.41) is 8.54. The van der Waals surface area contributed by atoms with E-state index in [2.05, 4.69) is 0 Å². The number of methoxy groups -OCH3 is 1. The Balaban J connectivity index is -0.000000236. The van der Waals surface area contributed by atoms with Crippen molar-refractivity contribution in [1.29, 1.82) is 0 Å². The van der Waals surface area contributed by atoms with Gasteiger partial charge in [0.15, 0.2) is 5.78 Å². The van der Waals surface area contributed by atoms with Gasteiger partial charge < -0.3 is 24.1 Å². The van der Waals surface area contributed by atoms with Crippen LogP contribution in [0.1, 0.15) is 53.9 Å². The molecule has 0 aliphatic carbocycles. The molecule has 0 aliphatic heterocycles. The lowest BCUT2D eigenvalue weighted by molar-refractivity contribution is -0.0980. The average Bonchev–Trinajstić information content (AvgIpc) is 2.56. The van der Waals surface area contributed by atoms with Crippen LogP contribution in [0.2, 0.25) is 0 Å². The first-order chi connectivity index (χ1) is 10.5. The Kier molecular flexibility index (Phi) is 26.6. The Morgan fingerprint density at radius 1 is 1.00 bits per heavy atom. The van der Waals surface area contributed by atoms with Crippen LogP contribution in [0.5, 0.6) is 5.75 Å². The van der Waals surface area contributed by atoms with Gasteiger partial charge in [0.1, 0.15) is 24.7 Å². The van der Waals surface area contributed by atoms with Crippen molar-refractivity contribution in [3.63, 3.8) is 0 Å². The maximum absolute atomic E-state index is 12.1. The molecule has 6 heteroatoms. The Labute approximate surface area is 160 Å². The van der Waals surface area contributed by atoms with Crippen LogP contribution < -0.4 is 4.74 Å². The van der Waals surface area contributed by atoms with Gasteiger partial charge in [-0.1, -0.05) is 29.7 Å². The third-order valence-corrected chi connectivity index (χ3v) is 2.91. The summed E-state index contributed by atoms with van der Waals surface area (Å²) >= 11 is 0. The molecule has 6 nitrogen and oxygen atoms in total. The summed E-state index contributed by atoms with van der Waals surface area (Å²) in [6.07, 6.45) is 0. The lowest BCUT2D eigenvalue weighted by atomic mass is 9.96. The van der Waals surface area contributed by atoms with Crippen LogP contribution in [0.4, 0.5) is 0 Å². The molecule has 0 saturated heterocycles. The zero-order valence-corrected chi connectivity index (χ0v) is 13.3. The number of carbonyl (C=O) groups excluding carboxylic acids is 2. The van der Waals surface area contributed by atoms with Crippen molar-refractivity contribution in [2.45, 2.75) is 49.2 Å². The molecule has 0 unspecified atom stereocenters. The largest absolute Gasteiger partial charge is 0.491 e. The monoisotopic (exact) mass is 376 g/mol. The number of ketones is 1. The zero-order valence-electron chi connectivity index (χ0n) is 13.3. The molecule has 0 aromatic heterocycles. The molecule has 1 aromatic rings. The maximum atomic E-state index is 12.1. The van der Waals surface area contributed by atoms with E-state index in [0.717, 1.165) is 0 Å². The highest BCUT2D eigenvalue weighted by Gasteiger charge is 2.27. The van der Waals surface area contributed by atoms with Gasteiger partial charge in [0.25, 0.3) is 0 Å². The minimum Gasteiger partial charge on any atom is -0.491 e. The van der Waals surface area contributed by atoms with Crippen molar-refractivity contribution >= 4 is 12.6 Å². The van der Waals surface area contributed by atoms with Crippen LogP contribution in [0.25, 0.3) is 0 Å². The fraction of sp³-hybridized carbons (Fsp3) is 0.600. The molecule has 0 saturated carbocycles. The predicted octanol–water partition coefficient (Wildman–Crippen LogP) is 4.04. The number of benzene rings is 1. The van der Waals surface area contributed by atoms with Crippen molar-refractivity contribution in [1.82, 2.24) is 0 Å². The number of rotatable bonds is 9. The van der Waals surface area contributed by atoms with E-state index in [0.29, 0.717) is 31.1 Å². The number of carbonyl (C=O) groups is 2. The van der Waals surface area contributed by atoms with Crippen LogP contribution in [-0.4, -0.2) is 56.8 Å². The third-order valence-electron chi connectivity index (χ3n) is 2.91. The quantitative estimate of drug-likeness (QED) is 0.517. The van der Waals surface area contributed by atoms with Gasteiger partial charge in [0.2, 0.25) is 0 Å². The summed E-state index contributed by atoms with van der Waals surface area (Å²) in [6.45, 7) is 6.60. The summed E-state index contributed by atoms with van der Waals surface area (Å²) in [5.41, 5.74) is -0.249. The molecular weight excluding hydrogens is 336 g/mol. The molecule has 1 rings (SSSR count). The maximum Gasteiger partial charge on any atom is 0.194 e. The summed E-state index contributed by atoms with van der Waals surface area (Å²) in [6, 6.07) is 6.91. The van der Waals surface area contributed by atoms with Crippen molar-refractivity contribution < 1.29 is 28.9 Å². The molecular formula is C20H40O6. The Hall–Kier alpha value is -1.76. The minimum atomic E-state index is -0.833. The fourth-order valence-corrected chi connectivity index (χ4v) is 1.53. The summed E-state index contributed by atoms with van der Waals surface area (Å²) < 4.78 is 15.7. The van der Waals surface area contributed by atoms with Crippen molar-refractivity contribution in [2.24, 2.45) is 0 Å². The van der Waals surface area contributed by atoms with E-state index < -0.39 is 5.60 Å². The van der Waals surface area contributed by atoms with Crippen LogP contribution in [0.3, 0.4) is 0 Å². The van der Waals surface area contributed by atoms with E-state index in [-0.39, 0.29) is 42.1 Å². The summed E-state index contributed by atoms with van der Waals surface area (Å²) in [4.78, 5) is 20.1. The highest BCUT2D eigenvalue weighted by atomic mass is 16.5. The van der Waals surface area contributed by atoms with Gasteiger partial charge in [0, 0.05) is 12.7 Å². The second-order valence-electron chi connectivity index (χ2n) is 4.75. The fourth-order valence-electron chi connectivity index (χ4n) is 1.53. The van der Waals surface area contributed by atoms with Gasteiger partial charge in [-0.25, -0.2) is 0 Å². The second-order valence-corrected chi connectivity index (χ2v) is 4.75. The van der Waals surface area contributed by atoms with Gasteiger partial charge in [-0.15, -0.1) is 0 Å². The highest BCUT2D eigenvalue weighted by Crippen LogP contribution is 2.19. The molecule has 26 heavy (non-hydrogen) atoms. The smallest absolute Gasteiger partial charge is 0.194 e. The van der Waals surface area contributed by atoms with E-state index >= 15 is 0 Å². The van der Waals surface area contributed by atoms with Crippen molar-refractivity contribution in [2.75, 3.05) is 33.5 Å². The van der Waals surface area contributed by atoms with E-state index in [1.165, 1.54) is 7.11 Å². The predicted molar refractivity (Wildman–Crippen MR) is 109 cm³/mol. The molecule has 0 heterocycles. The minimum absolute atomic E-state index is 0. The van der Waals surface area contributed by atoms with Gasteiger partial charge in [-0.3, -0.25) is 4.79 Å². The Bertz CT molecular complexity index is 428. The molecule has 0 radical (unpaired) electrons. The molecule has 0 aliphatic rings. The molecule has 0 fully saturated rings. The molecule has 0 amide bonds. The SMILES string of the molecule is C.C.C.C.C=O.COC(C)(C)C(=O)c1ccc(OCCOCCO)cc1. The first kappa shape index (κ1) is 35.4. The normalized spacial score (nSPS) is 8.92. The van der Waals surface area contributed by atoms with Crippen LogP contribution in [0.15, 0.2) is 24.3 Å². The molecule has 0 bridgehead atoms. The van der Waals surface area contributed by atoms with Gasteiger partial charge in [-0.05, 0) is 38.1 Å². The zero-order chi connectivity index (χ0) is 17.0. The Morgan fingerprint density at radius 2 is 1.50 bits per heavy atom. The van der Waals surface area contributed by atoms with Crippen LogP contribution in [0, 0.1) is 0 Å². The lowest BCUT2D eigenvalue weighted by Crippen LogP contribution is -2.33. The number of hydrogen-bond acceptors (Lipinski definition) is 6. The molecule has 1 aromatic carbocycles. The number of ether oxygens (including phenoxy) is 3. The van der Waals surface area contributed by atoms with Gasteiger partial charge >= 0.3 is 0 Å². The Morgan fingerprint density at radius 3 is 1.92 bits per heavy atom. The first-order valence-electron chi connectivity index (χ1n) is 6.81. The third kappa shape index (κ3) is 12.6. The molecule has 0 spiro atoms. The highest BCUT2D eigenvalue weighted by molar-refractivity contribution is 6.02. The first-order valence-corrected chi connectivity index (χ1v) is 6.81. The molecule has 0 atom stereocenters. The number of Topliss-reactive ketones (excluding diaryl/α,β-unsaturated/α-hetero) is 1. The standard InChI is InChI=1S/C15H22O5.CH2O.4CH4/c1-15(2,18-3)14(17)12-4-6-13(7-5-12)20-11-10-19-9-8-16;1-2;;;;/h4-7,16H,8-11H2,1-3H3;1H2;4*1H4.